The standard InChI is InChI=1S/C20H28N2O5/c1-16(23)22(10-7-17-5-3-4-6-18(17)25-2)15-19(24)21-11-8-20(9-12-21)26-13-14-27-20/h3-6H,7-15H2,1-2H3. The van der Waals surface area contributed by atoms with Crippen LogP contribution in [0.1, 0.15) is 25.3 Å². The molecule has 0 bridgehead atoms. The van der Waals surface area contributed by atoms with Crippen molar-refractivity contribution < 1.29 is 23.8 Å². The van der Waals surface area contributed by atoms with Crippen molar-refractivity contribution in [2.75, 3.05) is 46.5 Å². The second kappa shape index (κ2) is 8.71. The average Bonchev–Trinajstić information content (AvgIpc) is 3.13. The molecule has 0 N–H and O–H groups in total. The van der Waals surface area contributed by atoms with E-state index in [0.29, 0.717) is 52.1 Å². The van der Waals surface area contributed by atoms with E-state index in [9.17, 15) is 9.59 Å². The van der Waals surface area contributed by atoms with Crippen LogP contribution in [-0.4, -0.2) is 73.9 Å². The van der Waals surface area contributed by atoms with E-state index in [-0.39, 0.29) is 18.4 Å². The van der Waals surface area contributed by atoms with Crippen molar-refractivity contribution in [1.29, 1.82) is 0 Å². The number of piperidine rings is 1. The second-order valence-electron chi connectivity index (χ2n) is 6.99. The third-order valence-corrected chi connectivity index (χ3v) is 5.31. The first-order valence-electron chi connectivity index (χ1n) is 9.46. The monoisotopic (exact) mass is 376 g/mol. The van der Waals surface area contributed by atoms with Gasteiger partial charge in [0.25, 0.3) is 0 Å². The number of carbonyl (C=O) groups is 2. The van der Waals surface area contributed by atoms with Gasteiger partial charge in [0.2, 0.25) is 11.8 Å². The van der Waals surface area contributed by atoms with Crippen LogP contribution < -0.4 is 4.74 Å². The van der Waals surface area contributed by atoms with E-state index in [2.05, 4.69) is 0 Å². The Kier molecular flexibility index (Phi) is 6.34. The Morgan fingerprint density at radius 2 is 1.85 bits per heavy atom. The summed E-state index contributed by atoms with van der Waals surface area (Å²) in [6, 6.07) is 7.73. The zero-order valence-corrected chi connectivity index (χ0v) is 16.1. The molecule has 2 saturated heterocycles. The quantitative estimate of drug-likeness (QED) is 0.752. The number of hydrogen-bond donors (Lipinski definition) is 0. The van der Waals surface area contributed by atoms with Crippen molar-refractivity contribution in [1.82, 2.24) is 9.80 Å². The topological polar surface area (TPSA) is 68.3 Å². The van der Waals surface area contributed by atoms with Crippen molar-refractivity contribution in [2.45, 2.75) is 32.0 Å². The minimum Gasteiger partial charge on any atom is -0.496 e. The molecule has 3 rings (SSSR count). The summed E-state index contributed by atoms with van der Waals surface area (Å²) in [5.74, 6) is 0.165. The van der Waals surface area contributed by atoms with Crippen LogP contribution in [0.3, 0.4) is 0 Å². The van der Waals surface area contributed by atoms with Crippen LogP contribution in [0, 0.1) is 0 Å². The molecule has 27 heavy (non-hydrogen) atoms. The molecule has 7 heteroatoms. The van der Waals surface area contributed by atoms with Gasteiger partial charge in [-0.25, -0.2) is 0 Å². The first kappa shape index (κ1) is 19.6. The largest absolute Gasteiger partial charge is 0.496 e. The van der Waals surface area contributed by atoms with E-state index in [1.54, 1.807) is 16.9 Å². The predicted octanol–water partition coefficient (Wildman–Crippen LogP) is 1.45. The van der Waals surface area contributed by atoms with Gasteiger partial charge < -0.3 is 24.0 Å². The number of carbonyl (C=O) groups excluding carboxylic acids is 2. The predicted molar refractivity (Wildman–Crippen MR) is 99.4 cm³/mol. The van der Waals surface area contributed by atoms with Gasteiger partial charge in [-0.05, 0) is 18.1 Å². The van der Waals surface area contributed by atoms with Crippen LogP contribution in [0.15, 0.2) is 24.3 Å². The molecule has 0 saturated carbocycles. The van der Waals surface area contributed by atoms with Gasteiger partial charge in [0, 0.05) is 39.4 Å². The molecule has 1 spiro atoms. The van der Waals surface area contributed by atoms with Crippen LogP contribution in [0.2, 0.25) is 0 Å². The summed E-state index contributed by atoms with van der Waals surface area (Å²) in [4.78, 5) is 28.1. The maximum absolute atomic E-state index is 12.7. The molecule has 2 aliphatic rings. The summed E-state index contributed by atoms with van der Waals surface area (Å²) in [6.45, 7) is 4.50. The number of para-hydroxylation sites is 1. The molecule has 7 nitrogen and oxygen atoms in total. The van der Waals surface area contributed by atoms with Crippen molar-refractivity contribution in [2.24, 2.45) is 0 Å². The number of benzene rings is 1. The van der Waals surface area contributed by atoms with Crippen LogP contribution in [0.4, 0.5) is 0 Å². The average molecular weight is 376 g/mol. The highest BCUT2D eigenvalue weighted by atomic mass is 16.7. The molecule has 0 aromatic heterocycles. The molecule has 1 aromatic rings. The summed E-state index contributed by atoms with van der Waals surface area (Å²) in [5, 5.41) is 0. The fourth-order valence-corrected chi connectivity index (χ4v) is 3.66. The van der Waals surface area contributed by atoms with Crippen LogP contribution >= 0.6 is 0 Å². The molecule has 2 fully saturated rings. The van der Waals surface area contributed by atoms with E-state index in [0.717, 1.165) is 11.3 Å². The first-order valence-corrected chi connectivity index (χ1v) is 9.46. The zero-order valence-electron chi connectivity index (χ0n) is 16.1. The number of nitrogens with zero attached hydrogens (tertiary/aromatic N) is 2. The Labute approximate surface area is 160 Å². The third-order valence-electron chi connectivity index (χ3n) is 5.31. The lowest BCUT2D eigenvalue weighted by molar-refractivity contribution is -0.187. The molecule has 0 unspecified atom stereocenters. The Morgan fingerprint density at radius 3 is 2.48 bits per heavy atom. The second-order valence-corrected chi connectivity index (χ2v) is 6.99. The first-order chi connectivity index (χ1) is 13.0. The number of methoxy groups -OCH3 is 1. The van der Waals surface area contributed by atoms with E-state index in [1.165, 1.54) is 6.92 Å². The SMILES string of the molecule is COc1ccccc1CCN(CC(=O)N1CCC2(CC1)OCCO2)C(C)=O. The highest BCUT2D eigenvalue weighted by Gasteiger charge is 2.40. The van der Waals surface area contributed by atoms with Crippen molar-refractivity contribution >= 4 is 11.8 Å². The Morgan fingerprint density at radius 1 is 1.19 bits per heavy atom. The van der Waals surface area contributed by atoms with Gasteiger partial charge in [-0.2, -0.15) is 0 Å². The zero-order chi connectivity index (χ0) is 19.3. The Hall–Kier alpha value is -2.12. The van der Waals surface area contributed by atoms with Gasteiger partial charge in [-0.1, -0.05) is 18.2 Å². The summed E-state index contributed by atoms with van der Waals surface area (Å²) >= 11 is 0. The number of amides is 2. The van der Waals surface area contributed by atoms with Crippen LogP contribution in [0.25, 0.3) is 0 Å². The number of ether oxygens (including phenoxy) is 3. The highest BCUT2D eigenvalue weighted by Crippen LogP contribution is 2.31. The fourth-order valence-electron chi connectivity index (χ4n) is 3.66. The van der Waals surface area contributed by atoms with Gasteiger partial charge in [0.05, 0.1) is 26.9 Å². The molecule has 0 radical (unpaired) electrons. The van der Waals surface area contributed by atoms with Crippen LogP contribution in [-0.2, 0) is 25.5 Å². The minimum atomic E-state index is -0.499. The Balaban J connectivity index is 1.53. The fraction of sp³-hybridized carbons (Fsp3) is 0.600. The molecule has 2 heterocycles. The minimum absolute atomic E-state index is 0.0296. The maximum atomic E-state index is 12.7. The number of hydrogen-bond acceptors (Lipinski definition) is 5. The smallest absolute Gasteiger partial charge is 0.242 e. The third kappa shape index (κ3) is 4.78. The lowest BCUT2D eigenvalue weighted by Crippen LogP contribution is -2.50. The molecule has 2 amide bonds. The summed E-state index contributed by atoms with van der Waals surface area (Å²) in [5.41, 5.74) is 1.02. The maximum Gasteiger partial charge on any atom is 0.242 e. The molecule has 148 valence electrons. The molecule has 0 atom stereocenters. The normalized spacial score (nSPS) is 18.5. The van der Waals surface area contributed by atoms with Crippen molar-refractivity contribution in [3.05, 3.63) is 29.8 Å². The lowest BCUT2D eigenvalue weighted by atomic mass is 10.0. The van der Waals surface area contributed by atoms with Gasteiger partial charge >= 0.3 is 0 Å². The van der Waals surface area contributed by atoms with Gasteiger partial charge in [0.1, 0.15) is 5.75 Å². The molecule has 2 aliphatic heterocycles. The number of rotatable bonds is 6. The Bertz CT molecular complexity index is 662. The van der Waals surface area contributed by atoms with Crippen molar-refractivity contribution in [3.8, 4) is 5.75 Å². The van der Waals surface area contributed by atoms with Gasteiger partial charge in [-0.15, -0.1) is 0 Å². The summed E-state index contributed by atoms with van der Waals surface area (Å²) in [6.07, 6.45) is 2.00. The lowest BCUT2D eigenvalue weighted by Gasteiger charge is -2.38. The van der Waals surface area contributed by atoms with E-state index in [4.69, 9.17) is 14.2 Å². The molecular weight excluding hydrogens is 348 g/mol. The van der Waals surface area contributed by atoms with Crippen LogP contribution in [0.5, 0.6) is 5.75 Å². The van der Waals surface area contributed by atoms with Gasteiger partial charge in [-0.3, -0.25) is 9.59 Å². The van der Waals surface area contributed by atoms with E-state index in [1.807, 2.05) is 24.3 Å². The van der Waals surface area contributed by atoms with E-state index >= 15 is 0 Å². The summed E-state index contributed by atoms with van der Waals surface area (Å²) < 4.78 is 16.8. The van der Waals surface area contributed by atoms with E-state index < -0.39 is 5.79 Å². The van der Waals surface area contributed by atoms with Crippen molar-refractivity contribution in [3.63, 3.8) is 0 Å². The molecule has 0 aliphatic carbocycles. The summed E-state index contributed by atoms with van der Waals surface area (Å²) in [7, 11) is 1.63. The van der Waals surface area contributed by atoms with Gasteiger partial charge in [0.15, 0.2) is 5.79 Å². The molecular formula is C20H28N2O5. The highest BCUT2D eigenvalue weighted by molar-refractivity contribution is 5.84. The molecule has 1 aromatic carbocycles. The number of likely N-dealkylation sites (tertiary alicyclic amines) is 1.